The van der Waals surface area contributed by atoms with Crippen molar-refractivity contribution in [1.29, 1.82) is 0 Å². The predicted molar refractivity (Wildman–Crippen MR) is 77.1 cm³/mol. The van der Waals surface area contributed by atoms with Crippen LogP contribution in [0.3, 0.4) is 0 Å². The molecule has 0 spiro atoms. The van der Waals surface area contributed by atoms with Crippen LogP contribution in [0, 0.1) is 0 Å². The smallest absolute Gasteiger partial charge is 0.189 e. The van der Waals surface area contributed by atoms with Crippen molar-refractivity contribution in [1.82, 2.24) is 0 Å². The number of carbonyl (C=O) groups is 1. The topological polar surface area (TPSA) is 17.1 Å². The average molecular weight is 322 g/mol. The van der Waals surface area contributed by atoms with Gasteiger partial charge < -0.3 is 0 Å². The minimum atomic E-state index is -1.18. The van der Waals surface area contributed by atoms with Crippen LogP contribution in [0.1, 0.15) is 16.8 Å². The van der Waals surface area contributed by atoms with Crippen LogP contribution in [0.25, 0.3) is 0 Å². The normalized spacial score (nSPS) is 22.8. The first kappa shape index (κ1) is 14.0. The molecule has 1 aliphatic rings. The summed E-state index contributed by atoms with van der Waals surface area (Å²) in [5, 5.41) is 1.29. The van der Waals surface area contributed by atoms with Gasteiger partial charge in [-0.3, -0.25) is 4.79 Å². The van der Waals surface area contributed by atoms with Crippen molar-refractivity contribution >= 4 is 52.2 Å². The highest BCUT2D eigenvalue weighted by atomic mass is 35.5. The summed E-state index contributed by atoms with van der Waals surface area (Å²) in [5.74, 6) is -0.284. The molecule has 0 bridgehead atoms. The summed E-state index contributed by atoms with van der Waals surface area (Å²) >= 11 is 24.0. The fourth-order valence-corrected chi connectivity index (χ4v) is 2.89. The summed E-state index contributed by atoms with van der Waals surface area (Å²) in [6.07, 6.45) is 5.25. The van der Waals surface area contributed by atoms with E-state index in [9.17, 15) is 4.79 Å². The highest BCUT2D eigenvalue weighted by Crippen LogP contribution is 2.36. The number of halogens is 4. The number of Topliss-reactive ketones (excluding diaryl/α,β-unsaturated/α-hetero) is 1. The summed E-state index contributed by atoms with van der Waals surface area (Å²) in [5.41, 5.74) is 0.340. The summed E-state index contributed by atoms with van der Waals surface area (Å²) in [4.78, 5) is 11.2. The third-order valence-corrected chi connectivity index (χ3v) is 3.86. The molecule has 0 aliphatic heterocycles. The number of hydrogen-bond donors (Lipinski definition) is 0. The number of alkyl halides is 1. The van der Waals surface area contributed by atoms with Gasteiger partial charge in [-0.1, -0.05) is 47.0 Å². The zero-order valence-corrected chi connectivity index (χ0v) is 12.1. The molecule has 0 N–H and O–H groups in total. The molecule has 0 fully saturated rings. The highest BCUT2D eigenvalue weighted by Gasteiger charge is 2.37. The fraction of sp³-hybridized carbons (Fsp3) is 0.154. The van der Waals surface area contributed by atoms with Crippen LogP contribution in [0.15, 0.2) is 41.5 Å². The second kappa shape index (κ2) is 5.26. The van der Waals surface area contributed by atoms with E-state index in [0.717, 1.165) is 0 Å². The molecule has 0 saturated carbocycles. The van der Waals surface area contributed by atoms with Gasteiger partial charge >= 0.3 is 0 Å². The summed E-state index contributed by atoms with van der Waals surface area (Å²) in [6.45, 7) is 0. The van der Waals surface area contributed by atoms with Gasteiger partial charge in [0.15, 0.2) is 5.78 Å². The fourth-order valence-electron chi connectivity index (χ4n) is 1.72. The van der Waals surface area contributed by atoms with Crippen LogP contribution in [-0.4, -0.2) is 10.7 Å². The number of carbonyl (C=O) groups excluding carboxylic acids is 1. The van der Waals surface area contributed by atoms with Crippen molar-refractivity contribution in [2.24, 2.45) is 0 Å². The van der Waals surface area contributed by atoms with E-state index in [1.165, 1.54) is 6.07 Å². The SMILES string of the molecule is O=C(c1ccc(Cl)cc1Cl)C1(Cl)C=CC=C(Cl)C1. The first-order valence-corrected chi connectivity index (χ1v) is 6.66. The number of allylic oxidation sites excluding steroid dienone is 4. The minimum absolute atomic E-state index is 0.254. The molecule has 5 heteroatoms. The van der Waals surface area contributed by atoms with Crippen molar-refractivity contribution in [2.75, 3.05) is 0 Å². The Bertz CT molecular complexity index is 562. The van der Waals surface area contributed by atoms with Gasteiger partial charge in [0.25, 0.3) is 0 Å². The molecule has 1 atom stereocenters. The molecule has 0 saturated heterocycles. The van der Waals surface area contributed by atoms with Crippen LogP contribution in [0.5, 0.6) is 0 Å². The van der Waals surface area contributed by atoms with Crippen LogP contribution in [0.2, 0.25) is 10.0 Å². The van der Waals surface area contributed by atoms with Gasteiger partial charge in [-0.05, 0) is 24.3 Å². The number of benzene rings is 1. The minimum Gasteiger partial charge on any atom is -0.292 e. The van der Waals surface area contributed by atoms with Crippen LogP contribution < -0.4 is 0 Å². The van der Waals surface area contributed by atoms with Crippen molar-refractivity contribution in [3.8, 4) is 0 Å². The first-order valence-electron chi connectivity index (χ1n) is 5.15. The Hall–Kier alpha value is -0.470. The molecule has 1 aromatic rings. The second-order valence-electron chi connectivity index (χ2n) is 3.97. The zero-order valence-electron chi connectivity index (χ0n) is 9.09. The van der Waals surface area contributed by atoms with E-state index in [-0.39, 0.29) is 17.2 Å². The molecule has 1 nitrogen and oxygen atoms in total. The van der Waals surface area contributed by atoms with E-state index in [1.54, 1.807) is 30.4 Å². The second-order valence-corrected chi connectivity index (χ2v) is 5.97. The Morgan fingerprint density at radius 2 is 1.94 bits per heavy atom. The lowest BCUT2D eigenvalue weighted by atomic mass is 9.90. The quantitative estimate of drug-likeness (QED) is 0.538. The van der Waals surface area contributed by atoms with Crippen molar-refractivity contribution in [2.45, 2.75) is 11.3 Å². The van der Waals surface area contributed by atoms with Gasteiger partial charge in [-0.15, -0.1) is 11.6 Å². The van der Waals surface area contributed by atoms with Crippen LogP contribution in [-0.2, 0) is 0 Å². The summed E-state index contributed by atoms with van der Waals surface area (Å²) in [7, 11) is 0. The molecular weight excluding hydrogens is 314 g/mol. The zero-order chi connectivity index (χ0) is 13.3. The van der Waals surface area contributed by atoms with Gasteiger partial charge in [-0.2, -0.15) is 0 Å². The molecule has 2 rings (SSSR count). The molecule has 0 radical (unpaired) electrons. The maximum atomic E-state index is 12.4. The maximum absolute atomic E-state index is 12.4. The molecule has 0 heterocycles. The van der Waals surface area contributed by atoms with Crippen molar-refractivity contribution in [3.05, 3.63) is 57.1 Å². The van der Waals surface area contributed by atoms with Gasteiger partial charge in [0.1, 0.15) is 4.87 Å². The van der Waals surface area contributed by atoms with Crippen molar-refractivity contribution in [3.63, 3.8) is 0 Å². The molecular formula is C13H8Cl4O. The first-order chi connectivity index (χ1) is 8.42. The maximum Gasteiger partial charge on any atom is 0.189 e. The van der Waals surface area contributed by atoms with Crippen molar-refractivity contribution < 1.29 is 4.79 Å². The Morgan fingerprint density at radius 1 is 1.22 bits per heavy atom. The third-order valence-electron chi connectivity index (χ3n) is 2.62. The predicted octanol–water partition coefficient (Wildman–Crippen LogP) is 5.24. The van der Waals surface area contributed by atoms with E-state index in [0.29, 0.717) is 15.6 Å². The molecule has 0 amide bonds. The van der Waals surface area contributed by atoms with E-state index in [1.807, 2.05) is 0 Å². The average Bonchev–Trinajstić information content (AvgIpc) is 2.28. The molecule has 1 unspecified atom stereocenters. The molecule has 0 aromatic heterocycles. The monoisotopic (exact) mass is 320 g/mol. The van der Waals surface area contributed by atoms with Crippen LogP contribution >= 0.6 is 46.4 Å². The van der Waals surface area contributed by atoms with E-state index < -0.39 is 4.87 Å². The van der Waals surface area contributed by atoms with E-state index in [2.05, 4.69) is 0 Å². The standard InChI is InChI=1S/C13H8Cl4O/c14-8-3-4-10(11(16)6-8)12(18)13(17)5-1-2-9(15)7-13/h1-6H,7H2. The number of ketones is 1. The largest absolute Gasteiger partial charge is 0.292 e. The Labute approximate surface area is 125 Å². The molecule has 94 valence electrons. The lowest BCUT2D eigenvalue weighted by molar-refractivity contribution is 0.0959. The van der Waals surface area contributed by atoms with E-state index in [4.69, 9.17) is 46.4 Å². The van der Waals surface area contributed by atoms with E-state index >= 15 is 0 Å². The van der Waals surface area contributed by atoms with Crippen LogP contribution in [0.4, 0.5) is 0 Å². The Kier molecular flexibility index (Phi) is 4.08. The molecule has 1 aromatic carbocycles. The van der Waals surface area contributed by atoms with Gasteiger partial charge in [0.05, 0.1) is 5.02 Å². The Balaban J connectivity index is 2.37. The lowest BCUT2D eigenvalue weighted by Crippen LogP contribution is -2.31. The third kappa shape index (κ3) is 2.75. The van der Waals surface area contributed by atoms with Gasteiger partial charge in [0, 0.05) is 22.0 Å². The lowest BCUT2D eigenvalue weighted by Gasteiger charge is -2.24. The summed E-state index contributed by atoms with van der Waals surface area (Å²) in [6, 6.07) is 4.68. The summed E-state index contributed by atoms with van der Waals surface area (Å²) < 4.78 is 0. The van der Waals surface area contributed by atoms with Gasteiger partial charge in [0.2, 0.25) is 0 Å². The Morgan fingerprint density at radius 3 is 2.56 bits per heavy atom. The molecule has 18 heavy (non-hydrogen) atoms. The number of rotatable bonds is 2. The molecule has 1 aliphatic carbocycles. The number of hydrogen-bond acceptors (Lipinski definition) is 1. The highest BCUT2D eigenvalue weighted by molar-refractivity contribution is 6.44. The van der Waals surface area contributed by atoms with Gasteiger partial charge in [-0.25, -0.2) is 0 Å².